The molecular formula is C19H27N3O4S. The summed E-state index contributed by atoms with van der Waals surface area (Å²) < 4.78 is 27.0. The van der Waals surface area contributed by atoms with Crippen LogP contribution in [0.2, 0.25) is 0 Å². The minimum atomic E-state index is -3.51. The second-order valence-corrected chi connectivity index (χ2v) is 9.26. The average molecular weight is 394 g/mol. The van der Waals surface area contributed by atoms with E-state index in [0.717, 1.165) is 5.56 Å². The van der Waals surface area contributed by atoms with Crippen molar-refractivity contribution in [3.05, 3.63) is 29.8 Å². The first-order chi connectivity index (χ1) is 12.8. The van der Waals surface area contributed by atoms with Crippen molar-refractivity contribution in [2.24, 2.45) is 5.92 Å². The maximum atomic E-state index is 12.8. The molecule has 2 aliphatic rings. The predicted molar refractivity (Wildman–Crippen MR) is 101 cm³/mol. The zero-order valence-electron chi connectivity index (χ0n) is 15.9. The van der Waals surface area contributed by atoms with Gasteiger partial charge in [-0.25, -0.2) is 8.42 Å². The lowest BCUT2D eigenvalue weighted by molar-refractivity contribution is -0.142. The number of piperazine rings is 1. The van der Waals surface area contributed by atoms with Gasteiger partial charge in [0.2, 0.25) is 21.8 Å². The van der Waals surface area contributed by atoms with Crippen LogP contribution in [0.15, 0.2) is 29.2 Å². The summed E-state index contributed by atoms with van der Waals surface area (Å²) in [7, 11) is -3.51. The molecule has 0 N–H and O–H groups in total. The van der Waals surface area contributed by atoms with Crippen LogP contribution in [0, 0.1) is 12.8 Å². The van der Waals surface area contributed by atoms with Gasteiger partial charge in [0.25, 0.3) is 0 Å². The fraction of sp³-hybridized carbons (Fsp3) is 0.579. The first kappa shape index (κ1) is 19.8. The lowest BCUT2D eigenvalue weighted by atomic mass is 9.96. The number of aryl methyl sites for hydroxylation is 1. The maximum absolute atomic E-state index is 12.8. The largest absolute Gasteiger partial charge is 0.339 e. The summed E-state index contributed by atoms with van der Waals surface area (Å²) in [5, 5.41) is 0. The molecule has 0 radical (unpaired) electrons. The summed E-state index contributed by atoms with van der Waals surface area (Å²) in [5.41, 5.74) is 1.02. The molecular weight excluding hydrogens is 366 g/mol. The van der Waals surface area contributed by atoms with Gasteiger partial charge in [0.15, 0.2) is 0 Å². The van der Waals surface area contributed by atoms with Crippen molar-refractivity contribution in [1.29, 1.82) is 0 Å². The molecule has 0 unspecified atom stereocenters. The van der Waals surface area contributed by atoms with Crippen molar-refractivity contribution in [3.63, 3.8) is 0 Å². The van der Waals surface area contributed by atoms with Gasteiger partial charge in [0, 0.05) is 52.1 Å². The fourth-order valence-electron chi connectivity index (χ4n) is 3.70. The van der Waals surface area contributed by atoms with Crippen LogP contribution in [0.5, 0.6) is 0 Å². The number of hydrogen-bond acceptors (Lipinski definition) is 4. The predicted octanol–water partition coefficient (Wildman–Crippen LogP) is 1.09. The van der Waals surface area contributed by atoms with Crippen LogP contribution in [0.25, 0.3) is 0 Å². The van der Waals surface area contributed by atoms with Crippen molar-refractivity contribution in [1.82, 2.24) is 14.1 Å². The third kappa shape index (κ3) is 4.32. The standard InChI is InChI=1S/C19H27N3O4S/c1-15-3-5-18(6-4-15)27(25,26)22-9-7-17(8-10-22)19(24)21-13-11-20(12-14-21)16(2)23/h3-6,17H,7-14H2,1-2H3. The Morgan fingerprint density at radius 2 is 1.41 bits per heavy atom. The Kier molecular flexibility index (Phi) is 5.86. The molecule has 1 aromatic carbocycles. The lowest BCUT2D eigenvalue weighted by Gasteiger charge is -2.38. The van der Waals surface area contributed by atoms with E-state index in [4.69, 9.17) is 0 Å². The topological polar surface area (TPSA) is 78.0 Å². The number of sulfonamides is 1. The molecule has 0 aromatic heterocycles. The number of rotatable bonds is 3. The third-order valence-corrected chi connectivity index (χ3v) is 7.41. The second kappa shape index (κ2) is 7.98. The van der Waals surface area contributed by atoms with Crippen LogP contribution < -0.4 is 0 Å². The number of benzene rings is 1. The van der Waals surface area contributed by atoms with Crippen LogP contribution in [0.4, 0.5) is 0 Å². The summed E-state index contributed by atoms with van der Waals surface area (Å²) in [6.45, 7) is 6.44. The molecule has 0 saturated carbocycles. The zero-order chi connectivity index (χ0) is 19.6. The highest BCUT2D eigenvalue weighted by molar-refractivity contribution is 7.89. The number of hydrogen-bond donors (Lipinski definition) is 0. The van der Waals surface area contributed by atoms with E-state index in [1.54, 1.807) is 36.1 Å². The van der Waals surface area contributed by atoms with E-state index in [9.17, 15) is 18.0 Å². The monoisotopic (exact) mass is 393 g/mol. The number of nitrogens with zero attached hydrogens (tertiary/aromatic N) is 3. The minimum Gasteiger partial charge on any atom is -0.339 e. The molecule has 148 valence electrons. The van der Waals surface area contributed by atoms with Crippen LogP contribution >= 0.6 is 0 Å². The highest BCUT2D eigenvalue weighted by Gasteiger charge is 2.34. The summed E-state index contributed by atoms with van der Waals surface area (Å²) in [5.74, 6) is -0.0133. The number of amides is 2. The number of carbonyl (C=O) groups is 2. The van der Waals surface area contributed by atoms with Crippen molar-refractivity contribution in [2.75, 3.05) is 39.3 Å². The van der Waals surface area contributed by atoms with Gasteiger partial charge in [0.1, 0.15) is 0 Å². The molecule has 27 heavy (non-hydrogen) atoms. The Morgan fingerprint density at radius 1 is 0.889 bits per heavy atom. The lowest BCUT2D eigenvalue weighted by Crippen LogP contribution is -2.52. The first-order valence-corrected chi connectivity index (χ1v) is 10.8. The van der Waals surface area contributed by atoms with Gasteiger partial charge >= 0.3 is 0 Å². The highest BCUT2D eigenvalue weighted by Crippen LogP contribution is 2.25. The van der Waals surface area contributed by atoms with E-state index < -0.39 is 10.0 Å². The van der Waals surface area contributed by atoms with Gasteiger partial charge in [-0.05, 0) is 31.9 Å². The quantitative estimate of drug-likeness (QED) is 0.770. The molecule has 7 nitrogen and oxygen atoms in total. The van der Waals surface area contributed by atoms with Crippen molar-refractivity contribution in [2.45, 2.75) is 31.6 Å². The number of carbonyl (C=O) groups excluding carboxylic acids is 2. The molecule has 2 amide bonds. The fourth-order valence-corrected chi connectivity index (χ4v) is 5.17. The Labute approximate surface area is 161 Å². The Bertz CT molecular complexity index is 791. The Morgan fingerprint density at radius 3 is 1.93 bits per heavy atom. The molecule has 0 bridgehead atoms. The molecule has 3 rings (SSSR count). The van der Waals surface area contributed by atoms with E-state index >= 15 is 0 Å². The molecule has 2 saturated heterocycles. The summed E-state index contributed by atoms with van der Waals surface area (Å²) in [6, 6.07) is 6.86. The van der Waals surface area contributed by atoms with Crippen LogP contribution in [-0.2, 0) is 19.6 Å². The molecule has 1 aromatic rings. The summed E-state index contributed by atoms with van der Waals surface area (Å²) >= 11 is 0. The molecule has 8 heteroatoms. The molecule has 0 atom stereocenters. The van der Waals surface area contributed by atoms with Gasteiger partial charge in [-0.3, -0.25) is 9.59 Å². The first-order valence-electron chi connectivity index (χ1n) is 9.40. The van der Waals surface area contributed by atoms with Crippen molar-refractivity contribution >= 4 is 21.8 Å². The van der Waals surface area contributed by atoms with Gasteiger partial charge in [0.05, 0.1) is 4.90 Å². The average Bonchev–Trinajstić information content (AvgIpc) is 2.68. The van der Waals surface area contributed by atoms with E-state index in [-0.39, 0.29) is 17.7 Å². The molecule has 0 spiro atoms. The normalized spacial score (nSPS) is 19.9. The number of piperidine rings is 1. The highest BCUT2D eigenvalue weighted by atomic mass is 32.2. The van der Waals surface area contributed by atoms with E-state index in [1.165, 1.54) is 4.31 Å². The summed E-state index contributed by atoms with van der Waals surface area (Å²) in [6.07, 6.45) is 1.08. The molecule has 2 heterocycles. The van der Waals surface area contributed by atoms with Crippen LogP contribution in [0.3, 0.4) is 0 Å². The maximum Gasteiger partial charge on any atom is 0.243 e. The van der Waals surface area contributed by atoms with E-state index in [1.807, 2.05) is 11.8 Å². The van der Waals surface area contributed by atoms with Gasteiger partial charge in [-0.1, -0.05) is 17.7 Å². The van der Waals surface area contributed by atoms with Gasteiger partial charge < -0.3 is 9.80 Å². The van der Waals surface area contributed by atoms with E-state index in [2.05, 4.69) is 0 Å². The molecule has 2 fully saturated rings. The van der Waals surface area contributed by atoms with Crippen LogP contribution in [-0.4, -0.2) is 73.6 Å². The minimum absolute atomic E-state index is 0.0386. The van der Waals surface area contributed by atoms with Crippen LogP contribution in [0.1, 0.15) is 25.3 Å². The van der Waals surface area contributed by atoms with Crippen molar-refractivity contribution < 1.29 is 18.0 Å². The summed E-state index contributed by atoms with van der Waals surface area (Å²) in [4.78, 5) is 28.0. The van der Waals surface area contributed by atoms with Gasteiger partial charge in [-0.2, -0.15) is 4.31 Å². The third-order valence-electron chi connectivity index (χ3n) is 5.50. The SMILES string of the molecule is CC(=O)N1CCN(C(=O)C2CCN(S(=O)(=O)c3ccc(C)cc3)CC2)CC1. The van der Waals surface area contributed by atoms with Gasteiger partial charge in [-0.15, -0.1) is 0 Å². The van der Waals surface area contributed by atoms with E-state index in [0.29, 0.717) is 57.0 Å². The smallest absolute Gasteiger partial charge is 0.243 e. The Balaban J connectivity index is 1.56. The van der Waals surface area contributed by atoms with Crippen molar-refractivity contribution in [3.8, 4) is 0 Å². The second-order valence-electron chi connectivity index (χ2n) is 7.32. The molecule has 2 aliphatic heterocycles. The zero-order valence-corrected chi connectivity index (χ0v) is 16.7. The Hall–Kier alpha value is -1.93. The molecule has 0 aliphatic carbocycles.